The van der Waals surface area contributed by atoms with Gasteiger partial charge in [0.2, 0.25) is 5.56 Å². The maximum Gasteiger partial charge on any atom is 0.248 e. The Morgan fingerprint density at radius 2 is 2.17 bits per heavy atom. The maximum atomic E-state index is 11.6. The number of aromatic nitrogens is 1. The first-order chi connectivity index (χ1) is 8.76. The van der Waals surface area contributed by atoms with Crippen molar-refractivity contribution in [2.45, 2.75) is 32.6 Å². The summed E-state index contributed by atoms with van der Waals surface area (Å²) in [4.78, 5) is 14.4. The lowest BCUT2D eigenvalue weighted by atomic mass is 10.0. The Morgan fingerprint density at radius 1 is 1.33 bits per heavy atom. The molecule has 3 heteroatoms. The van der Waals surface area contributed by atoms with Crippen LogP contribution in [0.25, 0.3) is 10.9 Å². The van der Waals surface area contributed by atoms with Gasteiger partial charge < -0.3 is 4.98 Å². The molecule has 0 aliphatic heterocycles. The Morgan fingerprint density at radius 3 is 2.89 bits per heavy atom. The Hall–Kier alpha value is -2.08. The van der Waals surface area contributed by atoms with Crippen molar-refractivity contribution in [1.29, 1.82) is 5.26 Å². The molecule has 0 amide bonds. The lowest BCUT2D eigenvalue weighted by Gasteiger charge is -2.06. The highest BCUT2D eigenvalue weighted by Crippen LogP contribution is 2.20. The first-order valence-corrected chi connectivity index (χ1v) is 6.31. The summed E-state index contributed by atoms with van der Waals surface area (Å²) in [5, 5.41) is 10.0. The van der Waals surface area contributed by atoms with Gasteiger partial charge in [-0.25, -0.2) is 0 Å². The Labute approximate surface area is 106 Å². The van der Waals surface area contributed by atoms with Crippen molar-refractivity contribution in [3.63, 3.8) is 0 Å². The molecule has 1 aromatic carbocycles. The number of pyridine rings is 1. The monoisotopic (exact) mass is 240 g/mol. The van der Waals surface area contributed by atoms with Gasteiger partial charge in [0, 0.05) is 11.5 Å². The molecule has 3 nitrogen and oxygen atoms in total. The third-order valence-corrected chi connectivity index (χ3v) is 3.13. The van der Waals surface area contributed by atoms with E-state index in [9.17, 15) is 4.79 Å². The van der Waals surface area contributed by atoms with Crippen molar-refractivity contribution in [2.75, 3.05) is 0 Å². The van der Waals surface area contributed by atoms with Crippen molar-refractivity contribution >= 4 is 10.9 Å². The minimum absolute atomic E-state index is 0.128. The minimum atomic E-state index is -0.128. The van der Waals surface area contributed by atoms with Gasteiger partial charge in [0.1, 0.15) is 6.07 Å². The average Bonchev–Trinajstić information content (AvgIpc) is 2.38. The highest BCUT2D eigenvalue weighted by Gasteiger charge is 2.06. The number of nitriles is 1. The fraction of sp³-hybridized carbons (Fsp3) is 0.333. The van der Waals surface area contributed by atoms with Gasteiger partial charge in [-0.15, -0.1) is 0 Å². The van der Waals surface area contributed by atoms with E-state index in [4.69, 9.17) is 5.26 Å². The maximum absolute atomic E-state index is 11.6. The number of aryl methyl sites for hydroxylation is 1. The molecule has 0 aliphatic carbocycles. The molecule has 0 spiro atoms. The topological polar surface area (TPSA) is 56.6 Å². The first kappa shape index (κ1) is 12.4. The van der Waals surface area contributed by atoms with Crippen molar-refractivity contribution < 1.29 is 0 Å². The standard InChI is InChI=1S/C15H16N2O/c1-2-3-4-6-11-9-14(18)17-15-12(10-16)7-5-8-13(11)15/h5,7-9H,2-4,6H2,1H3,(H,17,18). The van der Waals surface area contributed by atoms with Crippen LogP contribution in [0.1, 0.15) is 37.3 Å². The summed E-state index contributed by atoms with van der Waals surface area (Å²) in [7, 11) is 0. The number of hydrogen-bond donors (Lipinski definition) is 1. The number of unbranched alkanes of at least 4 members (excludes halogenated alkanes) is 2. The molecule has 0 atom stereocenters. The summed E-state index contributed by atoms with van der Waals surface area (Å²) < 4.78 is 0. The van der Waals surface area contributed by atoms with Crippen molar-refractivity contribution in [2.24, 2.45) is 0 Å². The number of fused-ring (bicyclic) bond motifs is 1. The second kappa shape index (κ2) is 5.50. The molecule has 1 N–H and O–H groups in total. The lowest BCUT2D eigenvalue weighted by molar-refractivity contribution is 0.719. The Balaban J connectivity index is 2.53. The van der Waals surface area contributed by atoms with Crippen molar-refractivity contribution in [1.82, 2.24) is 4.98 Å². The summed E-state index contributed by atoms with van der Waals surface area (Å²) in [6, 6.07) is 9.33. The van der Waals surface area contributed by atoms with Gasteiger partial charge in [0.15, 0.2) is 0 Å². The molecule has 0 aliphatic rings. The highest BCUT2D eigenvalue weighted by atomic mass is 16.1. The number of rotatable bonds is 4. The van der Waals surface area contributed by atoms with Crippen LogP contribution in [0.4, 0.5) is 0 Å². The van der Waals surface area contributed by atoms with Gasteiger partial charge in [-0.3, -0.25) is 4.79 Å². The molecule has 1 heterocycles. The predicted molar refractivity (Wildman–Crippen MR) is 72.5 cm³/mol. The molecular formula is C15H16N2O. The van der Waals surface area contributed by atoms with Gasteiger partial charge >= 0.3 is 0 Å². The van der Waals surface area contributed by atoms with Gasteiger partial charge in [0.25, 0.3) is 0 Å². The molecule has 1 aromatic heterocycles. The number of H-pyrrole nitrogens is 1. The van der Waals surface area contributed by atoms with Crippen LogP contribution in [0, 0.1) is 11.3 Å². The van der Waals surface area contributed by atoms with Crippen LogP contribution >= 0.6 is 0 Å². The van der Waals surface area contributed by atoms with E-state index in [0.717, 1.165) is 36.6 Å². The number of nitrogens with one attached hydrogen (secondary N) is 1. The fourth-order valence-electron chi connectivity index (χ4n) is 2.22. The zero-order valence-corrected chi connectivity index (χ0v) is 10.5. The van der Waals surface area contributed by atoms with E-state index in [-0.39, 0.29) is 5.56 Å². The molecule has 0 radical (unpaired) electrons. The third kappa shape index (κ3) is 2.43. The molecule has 0 bridgehead atoms. The van der Waals surface area contributed by atoms with Crippen molar-refractivity contribution in [3.8, 4) is 6.07 Å². The second-order valence-electron chi connectivity index (χ2n) is 4.46. The number of benzene rings is 1. The van der Waals surface area contributed by atoms with Gasteiger partial charge in [-0.2, -0.15) is 5.26 Å². The molecule has 0 saturated heterocycles. The summed E-state index contributed by atoms with van der Waals surface area (Å²) in [6.45, 7) is 2.16. The van der Waals surface area contributed by atoms with Crippen LogP contribution in [0.15, 0.2) is 29.1 Å². The lowest BCUT2D eigenvalue weighted by Crippen LogP contribution is -2.07. The van der Waals surface area contributed by atoms with Gasteiger partial charge in [-0.1, -0.05) is 31.9 Å². The predicted octanol–water partition coefficient (Wildman–Crippen LogP) is 3.13. The number of para-hydroxylation sites is 1. The third-order valence-electron chi connectivity index (χ3n) is 3.13. The summed E-state index contributed by atoms with van der Waals surface area (Å²) in [5.41, 5.74) is 2.11. The van der Waals surface area contributed by atoms with E-state index in [2.05, 4.69) is 18.0 Å². The smallest absolute Gasteiger partial charge is 0.248 e. The molecule has 2 rings (SSSR count). The largest absolute Gasteiger partial charge is 0.321 e. The Bertz CT molecular complexity index is 650. The quantitative estimate of drug-likeness (QED) is 0.835. The van der Waals surface area contributed by atoms with Gasteiger partial charge in [-0.05, 0) is 24.5 Å². The first-order valence-electron chi connectivity index (χ1n) is 6.31. The van der Waals surface area contributed by atoms with E-state index in [1.807, 2.05) is 12.1 Å². The van der Waals surface area contributed by atoms with E-state index in [1.165, 1.54) is 0 Å². The normalized spacial score (nSPS) is 10.4. The zero-order valence-electron chi connectivity index (χ0n) is 10.5. The number of nitrogens with zero attached hydrogens (tertiary/aromatic N) is 1. The molecule has 2 aromatic rings. The number of hydrogen-bond acceptors (Lipinski definition) is 2. The molecule has 18 heavy (non-hydrogen) atoms. The summed E-state index contributed by atoms with van der Waals surface area (Å²) >= 11 is 0. The van der Waals surface area contributed by atoms with Crippen LogP contribution in [-0.2, 0) is 6.42 Å². The average molecular weight is 240 g/mol. The SMILES string of the molecule is CCCCCc1cc(=O)[nH]c2c(C#N)cccc12. The van der Waals surface area contributed by atoms with Crippen LogP contribution in [-0.4, -0.2) is 4.98 Å². The second-order valence-corrected chi connectivity index (χ2v) is 4.46. The van der Waals surface area contributed by atoms with Crippen LogP contribution in [0.2, 0.25) is 0 Å². The number of aromatic amines is 1. The van der Waals surface area contributed by atoms with E-state index < -0.39 is 0 Å². The molecule has 0 fully saturated rings. The Kier molecular flexibility index (Phi) is 3.78. The van der Waals surface area contributed by atoms with Crippen molar-refractivity contribution in [3.05, 3.63) is 45.7 Å². The summed E-state index contributed by atoms with van der Waals surface area (Å²) in [5.74, 6) is 0. The highest BCUT2D eigenvalue weighted by molar-refractivity contribution is 5.86. The van der Waals surface area contributed by atoms with Gasteiger partial charge in [0.05, 0.1) is 11.1 Å². The fourth-order valence-corrected chi connectivity index (χ4v) is 2.22. The van der Waals surface area contributed by atoms with E-state index >= 15 is 0 Å². The summed E-state index contributed by atoms with van der Waals surface area (Å²) in [6.07, 6.45) is 4.28. The van der Waals surface area contributed by atoms with E-state index in [1.54, 1.807) is 12.1 Å². The minimum Gasteiger partial charge on any atom is -0.321 e. The molecule has 92 valence electrons. The molecular weight excluding hydrogens is 224 g/mol. The molecule has 0 saturated carbocycles. The molecule has 0 unspecified atom stereocenters. The van der Waals surface area contributed by atoms with E-state index in [0.29, 0.717) is 11.1 Å². The van der Waals surface area contributed by atoms with Crippen LogP contribution in [0.3, 0.4) is 0 Å². The van der Waals surface area contributed by atoms with Crippen LogP contribution in [0.5, 0.6) is 0 Å². The van der Waals surface area contributed by atoms with Crippen LogP contribution < -0.4 is 5.56 Å². The zero-order chi connectivity index (χ0) is 13.0.